The Morgan fingerprint density at radius 3 is 2.47 bits per heavy atom. The van der Waals surface area contributed by atoms with Crippen molar-refractivity contribution in [2.75, 3.05) is 24.7 Å². The minimum absolute atomic E-state index is 0.0420. The minimum Gasteiger partial charge on any atom is -0.459 e. The number of hydrogen-bond donors (Lipinski definition) is 2. The molecular weight excluding hydrogens is 248 g/mol. The van der Waals surface area contributed by atoms with Crippen LogP contribution in [0.25, 0.3) is 0 Å². The maximum Gasteiger partial charge on any atom is 0.340 e. The van der Waals surface area contributed by atoms with E-state index in [-0.39, 0.29) is 30.0 Å². The normalized spacial score (nSPS) is 9.74. The zero-order chi connectivity index (χ0) is 14.4. The molecule has 0 fully saturated rings. The predicted molar refractivity (Wildman–Crippen MR) is 71.3 cm³/mol. The number of rotatable bonds is 5. The average molecular weight is 264 g/mol. The fraction of sp³-hybridized carbons (Fsp3) is 0.231. The number of nitrogens with two attached hydrogens (primary N) is 2. The molecule has 6 nitrogen and oxygen atoms in total. The van der Waals surface area contributed by atoms with Crippen LogP contribution >= 0.6 is 0 Å². The molecule has 0 unspecified atom stereocenters. The van der Waals surface area contributed by atoms with Gasteiger partial charge in [0.05, 0.1) is 16.9 Å². The maximum atomic E-state index is 11.7. The highest BCUT2D eigenvalue weighted by Crippen LogP contribution is 2.19. The molecule has 0 heterocycles. The number of carbonyl (C=O) groups excluding carboxylic acids is 2. The molecule has 0 aliphatic heterocycles. The Kier molecular flexibility index (Phi) is 4.93. The molecule has 0 radical (unpaired) electrons. The second kappa shape index (κ2) is 6.44. The molecule has 19 heavy (non-hydrogen) atoms. The lowest BCUT2D eigenvalue weighted by atomic mass is 10.1. The van der Waals surface area contributed by atoms with E-state index in [1.807, 2.05) is 0 Å². The Balaban J connectivity index is 2.46. The number of anilines is 2. The first kappa shape index (κ1) is 14.6. The fourth-order valence-electron chi connectivity index (χ4n) is 1.23. The van der Waals surface area contributed by atoms with Gasteiger partial charge in [-0.15, -0.1) is 0 Å². The van der Waals surface area contributed by atoms with Gasteiger partial charge >= 0.3 is 11.9 Å². The number of hydrogen-bond acceptors (Lipinski definition) is 6. The van der Waals surface area contributed by atoms with Gasteiger partial charge in [0.25, 0.3) is 0 Å². The van der Waals surface area contributed by atoms with Crippen LogP contribution in [0.15, 0.2) is 30.4 Å². The van der Waals surface area contributed by atoms with E-state index >= 15 is 0 Å². The first-order valence-corrected chi connectivity index (χ1v) is 5.57. The number of nitrogen functional groups attached to an aromatic ring is 2. The molecule has 0 aliphatic rings. The predicted octanol–water partition coefficient (Wildman–Crippen LogP) is 1.13. The van der Waals surface area contributed by atoms with E-state index < -0.39 is 11.9 Å². The summed E-state index contributed by atoms with van der Waals surface area (Å²) in [5.41, 5.74) is 12.2. The summed E-state index contributed by atoms with van der Waals surface area (Å²) in [6.45, 7) is 4.85. The minimum atomic E-state index is -0.615. The first-order valence-electron chi connectivity index (χ1n) is 5.57. The van der Waals surface area contributed by atoms with Gasteiger partial charge in [-0.3, -0.25) is 0 Å². The number of esters is 2. The molecule has 0 spiro atoms. The molecule has 1 rings (SSSR count). The van der Waals surface area contributed by atoms with Crippen molar-refractivity contribution in [3.8, 4) is 0 Å². The Labute approximate surface area is 111 Å². The summed E-state index contributed by atoms with van der Waals surface area (Å²) < 4.78 is 9.68. The Morgan fingerprint density at radius 2 is 1.84 bits per heavy atom. The lowest BCUT2D eigenvalue weighted by molar-refractivity contribution is -0.140. The standard InChI is InChI=1S/C13H16N2O4/c1-8(2)12(16)18-6-7-19-13(17)9-4-3-5-10(14)11(9)15/h3-5H,1,6-7,14-15H2,2H3. The molecule has 0 amide bonds. The molecule has 0 bridgehead atoms. The van der Waals surface area contributed by atoms with Crippen LogP contribution in [0.2, 0.25) is 0 Å². The van der Waals surface area contributed by atoms with E-state index in [4.69, 9.17) is 20.9 Å². The fourth-order valence-corrected chi connectivity index (χ4v) is 1.23. The molecule has 0 saturated carbocycles. The van der Waals surface area contributed by atoms with E-state index in [0.717, 1.165) is 0 Å². The zero-order valence-electron chi connectivity index (χ0n) is 10.6. The van der Waals surface area contributed by atoms with Crippen LogP contribution in [0.4, 0.5) is 11.4 Å². The third-order valence-electron chi connectivity index (χ3n) is 2.26. The van der Waals surface area contributed by atoms with Crippen molar-refractivity contribution >= 4 is 23.3 Å². The summed E-state index contributed by atoms with van der Waals surface area (Å²) in [4.78, 5) is 22.7. The highest BCUT2D eigenvalue weighted by Gasteiger charge is 2.13. The van der Waals surface area contributed by atoms with Crippen molar-refractivity contribution in [2.45, 2.75) is 6.92 Å². The molecule has 0 aliphatic carbocycles. The molecule has 102 valence electrons. The van der Waals surface area contributed by atoms with Crippen LogP contribution in [-0.2, 0) is 14.3 Å². The van der Waals surface area contributed by atoms with Gasteiger partial charge < -0.3 is 20.9 Å². The van der Waals surface area contributed by atoms with Gasteiger partial charge in [-0.25, -0.2) is 9.59 Å². The average Bonchev–Trinajstić information content (AvgIpc) is 2.37. The monoisotopic (exact) mass is 264 g/mol. The van der Waals surface area contributed by atoms with E-state index in [2.05, 4.69) is 6.58 Å². The Hall–Kier alpha value is -2.50. The summed E-state index contributed by atoms with van der Waals surface area (Å²) in [7, 11) is 0. The highest BCUT2D eigenvalue weighted by atomic mass is 16.6. The van der Waals surface area contributed by atoms with Crippen LogP contribution in [-0.4, -0.2) is 25.2 Å². The molecule has 0 saturated heterocycles. The van der Waals surface area contributed by atoms with E-state index in [1.54, 1.807) is 12.1 Å². The van der Waals surface area contributed by atoms with Crippen molar-refractivity contribution in [3.63, 3.8) is 0 Å². The number of benzene rings is 1. The number of ether oxygens (including phenoxy) is 2. The van der Waals surface area contributed by atoms with Crippen LogP contribution < -0.4 is 11.5 Å². The SMILES string of the molecule is C=C(C)C(=O)OCCOC(=O)c1cccc(N)c1N. The summed E-state index contributed by atoms with van der Waals surface area (Å²) in [5.74, 6) is -1.14. The van der Waals surface area contributed by atoms with Crippen LogP contribution in [0, 0.1) is 0 Å². The van der Waals surface area contributed by atoms with Gasteiger partial charge in [-0.2, -0.15) is 0 Å². The second-order valence-corrected chi connectivity index (χ2v) is 3.86. The Bertz CT molecular complexity index is 511. The topological polar surface area (TPSA) is 105 Å². The molecule has 0 aromatic heterocycles. The molecule has 0 atom stereocenters. The summed E-state index contributed by atoms with van der Waals surface area (Å²) >= 11 is 0. The summed E-state index contributed by atoms with van der Waals surface area (Å²) in [6, 6.07) is 4.69. The smallest absolute Gasteiger partial charge is 0.340 e. The molecule has 1 aromatic rings. The van der Waals surface area contributed by atoms with E-state index in [9.17, 15) is 9.59 Å². The third-order valence-corrected chi connectivity index (χ3v) is 2.26. The van der Waals surface area contributed by atoms with Crippen LogP contribution in [0.5, 0.6) is 0 Å². The van der Waals surface area contributed by atoms with Crippen LogP contribution in [0.1, 0.15) is 17.3 Å². The quantitative estimate of drug-likeness (QED) is 0.357. The second-order valence-electron chi connectivity index (χ2n) is 3.86. The number of para-hydroxylation sites is 1. The number of carbonyl (C=O) groups is 2. The highest BCUT2D eigenvalue weighted by molar-refractivity contribution is 5.98. The summed E-state index contributed by atoms with van der Waals surface area (Å²) in [5, 5.41) is 0. The van der Waals surface area contributed by atoms with Crippen molar-refractivity contribution in [1.82, 2.24) is 0 Å². The summed E-state index contributed by atoms with van der Waals surface area (Å²) in [6.07, 6.45) is 0. The largest absolute Gasteiger partial charge is 0.459 e. The van der Waals surface area contributed by atoms with Crippen LogP contribution in [0.3, 0.4) is 0 Å². The van der Waals surface area contributed by atoms with Crippen molar-refractivity contribution in [3.05, 3.63) is 35.9 Å². The van der Waals surface area contributed by atoms with Gasteiger partial charge in [0, 0.05) is 5.57 Å². The zero-order valence-corrected chi connectivity index (χ0v) is 10.6. The van der Waals surface area contributed by atoms with Gasteiger partial charge in [0.1, 0.15) is 13.2 Å². The van der Waals surface area contributed by atoms with Crippen molar-refractivity contribution in [2.24, 2.45) is 0 Å². The first-order chi connectivity index (χ1) is 8.93. The van der Waals surface area contributed by atoms with Gasteiger partial charge in [0.15, 0.2) is 0 Å². The molecule has 4 N–H and O–H groups in total. The van der Waals surface area contributed by atoms with Crippen molar-refractivity contribution in [1.29, 1.82) is 0 Å². The lowest BCUT2D eigenvalue weighted by Crippen LogP contribution is -2.15. The lowest BCUT2D eigenvalue weighted by Gasteiger charge is -2.09. The Morgan fingerprint density at radius 1 is 1.21 bits per heavy atom. The molecule has 6 heteroatoms. The van der Waals surface area contributed by atoms with Gasteiger partial charge in [-0.1, -0.05) is 12.6 Å². The maximum absolute atomic E-state index is 11.7. The molecular formula is C13H16N2O4. The van der Waals surface area contributed by atoms with E-state index in [1.165, 1.54) is 13.0 Å². The van der Waals surface area contributed by atoms with E-state index in [0.29, 0.717) is 5.69 Å². The van der Waals surface area contributed by atoms with Gasteiger partial charge in [-0.05, 0) is 19.1 Å². The van der Waals surface area contributed by atoms with Crippen molar-refractivity contribution < 1.29 is 19.1 Å². The van der Waals surface area contributed by atoms with Gasteiger partial charge in [0.2, 0.25) is 0 Å². The molecule has 1 aromatic carbocycles. The third kappa shape index (κ3) is 4.02.